The van der Waals surface area contributed by atoms with E-state index in [2.05, 4.69) is 20.9 Å². The molecule has 0 saturated carbocycles. The van der Waals surface area contributed by atoms with Gasteiger partial charge in [0.1, 0.15) is 6.04 Å². The molecule has 2 heterocycles. The van der Waals surface area contributed by atoms with Crippen molar-refractivity contribution in [2.45, 2.75) is 25.3 Å². The molecule has 3 amide bonds. The van der Waals surface area contributed by atoms with Crippen molar-refractivity contribution in [3.8, 4) is 0 Å². The number of carbonyl (C=O) groups excluding carboxylic acids is 3. The van der Waals surface area contributed by atoms with Crippen LogP contribution in [0.2, 0.25) is 5.02 Å². The van der Waals surface area contributed by atoms with Crippen LogP contribution in [-0.2, 0) is 16.0 Å². The topological polar surface area (TPSA) is 103 Å². The van der Waals surface area contributed by atoms with Gasteiger partial charge < -0.3 is 20.9 Å². The van der Waals surface area contributed by atoms with Gasteiger partial charge >= 0.3 is 0 Å². The molecule has 0 spiro atoms. The van der Waals surface area contributed by atoms with Crippen molar-refractivity contribution in [3.63, 3.8) is 0 Å². The Morgan fingerprint density at radius 2 is 1.97 bits per heavy atom. The molecule has 7 nitrogen and oxygen atoms in total. The lowest BCUT2D eigenvalue weighted by atomic mass is 10.1. The Kier molecular flexibility index (Phi) is 5.72. The summed E-state index contributed by atoms with van der Waals surface area (Å²) in [5.74, 6) is -0.819. The van der Waals surface area contributed by atoms with E-state index in [1.807, 2.05) is 24.4 Å². The SMILES string of the molecule is O=C(CC[C@@H]1NC(=O)c2ccccc2NC1=O)NCCc1c[nH]c2ccc(Cl)cc12. The zero-order valence-corrected chi connectivity index (χ0v) is 16.9. The number of halogens is 1. The Morgan fingerprint density at radius 1 is 1.13 bits per heavy atom. The Balaban J connectivity index is 1.28. The Labute approximate surface area is 178 Å². The molecule has 1 aliphatic rings. The first kappa shape index (κ1) is 20.0. The van der Waals surface area contributed by atoms with E-state index < -0.39 is 6.04 Å². The predicted octanol–water partition coefficient (Wildman–Crippen LogP) is 3.01. The van der Waals surface area contributed by atoms with E-state index in [9.17, 15) is 14.4 Å². The number of carbonyl (C=O) groups is 3. The highest BCUT2D eigenvalue weighted by atomic mass is 35.5. The Bertz CT molecular complexity index is 1120. The van der Waals surface area contributed by atoms with Gasteiger partial charge in [0, 0.05) is 35.1 Å². The number of amides is 3. The van der Waals surface area contributed by atoms with Crippen LogP contribution in [-0.4, -0.2) is 35.3 Å². The third kappa shape index (κ3) is 4.31. The number of aromatic amines is 1. The molecular formula is C22H21ClN4O3. The predicted molar refractivity (Wildman–Crippen MR) is 116 cm³/mol. The summed E-state index contributed by atoms with van der Waals surface area (Å²) in [5, 5.41) is 10.0. The molecule has 2 aromatic carbocycles. The van der Waals surface area contributed by atoms with E-state index in [0.717, 1.165) is 16.5 Å². The van der Waals surface area contributed by atoms with Crippen LogP contribution in [0.3, 0.4) is 0 Å². The fraction of sp³-hybridized carbons (Fsp3) is 0.227. The zero-order chi connectivity index (χ0) is 21.1. The lowest BCUT2D eigenvalue weighted by Gasteiger charge is -2.14. The summed E-state index contributed by atoms with van der Waals surface area (Å²) < 4.78 is 0. The largest absolute Gasteiger partial charge is 0.361 e. The monoisotopic (exact) mass is 424 g/mol. The van der Waals surface area contributed by atoms with Crippen LogP contribution < -0.4 is 16.0 Å². The van der Waals surface area contributed by atoms with Crippen molar-refractivity contribution in [2.75, 3.05) is 11.9 Å². The molecule has 0 bridgehead atoms. The van der Waals surface area contributed by atoms with E-state index in [1.165, 1.54) is 0 Å². The van der Waals surface area contributed by atoms with E-state index >= 15 is 0 Å². The van der Waals surface area contributed by atoms with Gasteiger partial charge in [-0.15, -0.1) is 0 Å². The van der Waals surface area contributed by atoms with Crippen LogP contribution in [0.15, 0.2) is 48.7 Å². The van der Waals surface area contributed by atoms with Gasteiger partial charge in [-0.25, -0.2) is 0 Å². The van der Waals surface area contributed by atoms with Crippen molar-refractivity contribution < 1.29 is 14.4 Å². The second-order valence-electron chi connectivity index (χ2n) is 7.20. The van der Waals surface area contributed by atoms with Crippen LogP contribution in [0.4, 0.5) is 5.69 Å². The van der Waals surface area contributed by atoms with Gasteiger partial charge in [0.25, 0.3) is 5.91 Å². The standard InChI is InChI=1S/C22H21ClN4O3/c23-14-5-6-17-16(11-14)13(12-25-17)9-10-24-20(28)8-7-19-22(30)26-18-4-2-1-3-15(18)21(29)27-19/h1-6,11-12,19,25H,7-10H2,(H,24,28)(H,26,30)(H,27,29)/t19-/m0/s1. The average Bonchev–Trinajstić information content (AvgIpc) is 3.07. The normalized spacial score (nSPS) is 15.8. The number of H-pyrrole nitrogens is 1. The number of benzene rings is 2. The third-order valence-corrected chi connectivity index (χ3v) is 5.39. The molecule has 0 unspecified atom stereocenters. The summed E-state index contributed by atoms with van der Waals surface area (Å²) in [4.78, 5) is 40.1. The van der Waals surface area contributed by atoms with Crippen LogP contribution in [0.5, 0.6) is 0 Å². The van der Waals surface area contributed by atoms with E-state index in [1.54, 1.807) is 24.3 Å². The quantitative estimate of drug-likeness (QED) is 0.489. The first-order chi connectivity index (χ1) is 14.5. The molecule has 1 aromatic heterocycles. The lowest BCUT2D eigenvalue weighted by molar-refractivity contribution is -0.121. The van der Waals surface area contributed by atoms with Crippen molar-refractivity contribution >= 4 is 45.9 Å². The number of hydrogen-bond acceptors (Lipinski definition) is 3. The van der Waals surface area contributed by atoms with E-state index in [0.29, 0.717) is 29.2 Å². The van der Waals surface area contributed by atoms with Crippen molar-refractivity contribution in [1.82, 2.24) is 15.6 Å². The maximum atomic E-state index is 12.4. The number of anilines is 1. The van der Waals surface area contributed by atoms with Crippen LogP contribution in [0.25, 0.3) is 10.9 Å². The summed E-state index contributed by atoms with van der Waals surface area (Å²) in [6, 6.07) is 11.7. The highest BCUT2D eigenvalue weighted by molar-refractivity contribution is 6.31. The minimum absolute atomic E-state index is 0.133. The first-order valence-corrected chi connectivity index (χ1v) is 10.1. The minimum Gasteiger partial charge on any atom is -0.361 e. The number of fused-ring (bicyclic) bond motifs is 2. The summed E-state index contributed by atoms with van der Waals surface area (Å²) >= 11 is 6.06. The second-order valence-corrected chi connectivity index (χ2v) is 7.64. The van der Waals surface area contributed by atoms with Gasteiger partial charge in [0.05, 0.1) is 11.3 Å². The summed E-state index contributed by atoms with van der Waals surface area (Å²) in [7, 11) is 0. The molecule has 0 aliphatic carbocycles. The molecule has 154 valence electrons. The number of hydrogen-bond donors (Lipinski definition) is 4. The van der Waals surface area contributed by atoms with E-state index in [-0.39, 0.29) is 30.6 Å². The molecule has 1 aliphatic heterocycles. The van der Waals surface area contributed by atoms with Crippen molar-refractivity contribution in [1.29, 1.82) is 0 Å². The molecule has 0 fully saturated rings. The molecule has 4 N–H and O–H groups in total. The third-order valence-electron chi connectivity index (χ3n) is 5.16. The molecule has 1 atom stereocenters. The smallest absolute Gasteiger partial charge is 0.254 e. The average molecular weight is 425 g/mol. The van der Waals surface area contributed by atoms with Gasteiger partial charge in [0.15, 0.2) is 0 Å². The molecule has 0 saturated heterocycles. The second kappa shape index (κ2) is 8.59. The zero-order valence-electron chi connectivity index (χ0n) is 16.1. The van der Waals surface area contributed by atoms with Gasteiger partial charge in [-0.05, 0) is 48.7 Å². The fourth-order valence-corrected chi connectivity index (χ4v) is 3.74. The highest BCUT2D eigenvalue weighted by Crippen LogP contribution is 2.22. The first-order valence-electron chi connectivity index (χ1n) is 9.74. The lowest BCUT2D eigenvalue weighted by Crippen LogP contribution is -2.42. The minimum atomic E-state index is -0.758. The molecular weight excluding hydrogens is 404 g/mol. The Hall–Kier alpha value is -3.32. The van der Waals surface area contributed by atoms with Gasteiger partial charge in [-0.1, -0.05) is 23.7 Å². The molecule has 8 heteroatoms. The molecule has 30 heavy (non-hydrogen) atoms. The summed E-state index contributed by atoms with van der Waals surface area (Å²) in [5.41, 5.74) is 2.96. The number of para-hydroxylation sites is 1. The van der Waals surface area contributed by atoms with Gasteiger partial charge in [-0.3, -0.25) is 14.4 Å². The maximum absolute atomic E-state index is 12.4. The van der Waals surface area contributed by atoms with Crippen molar-refractivity contribution in [3.05, 3.63) is 64.8 Å². The van der Waals surface area contributed by atoms with Crippen molar-refractivity contribution in [2.24, 2.45) is 0 Å². The van der Waals surface area contributed by atoms with Gasteiger partial charge in [-0.2, -0.15) is 0 Å². The Morgan fingerprint density at radius 3 is 2.83 bits per heavy atom. The number of rotatable bonds is 6. The van der Waals surface area contributed by atoms with Crippen LogP contribution >= 0.6 is 11.6 Å². The van der Waals surface area contributed by atoms with E-state index in [4.69, 9.17) is 11.6 Å². The number of aromatic nitrogens is 1. The number of nitrogens with one attached hydrogen (secondary N) is 4. The maximum Gasteiger partial charge on any atom is 0.254 e. The summed E-state index contributed by atoms with van der Waals surface area (Å²) in [6.07, 6.45) is 2.92. The molecule has 4 rings (SSSR count). The van der Waals surface area contributed by atoms with Gasteiger partial charge in [0.2, 0.25) is 11.8 Å². The fourth-order valence-electron chi connectivity index (χ4n) is 3.57. The molecule has 3 aromatic rings. The molecule has 0 radical (unpaired) electrons. The van der Waals surface area contributed by atoms with Crippen LogP contribution in [0.1, 0.15) is 28.8 Å². The van der Waals surface area contributed by atoms with Crippen LogP contribution in [0, 0.1) is 0 Å². The summed E-state index contributed by atoms with van der Waals surface area (Å²) in [6.45, 7) is 0.465. The highest BCUT2D eigenvalue weighted by Gasteiger charge is 2.27.